The summed E-state index contributed by atoms with van der Waals surface area (Å²) in [4.78, 5) is 11.2. The van der Waals surface area contributed by atoms with Crippen LogP contribution in [0.4, 0.5) is 10.1 Å². The van der Waals surface area contributed by atoms with Crippen LogP contribution in [0.1, 0.15) is 25.3 Å². The fourth-order valence-corrected chi connectivity index (χ4v) is 1.22. The minimum absolute atomic E-state index is 0.138. The zero-order valence-corrected chi connectivity index (χ0v) is 8.43. The maximum Gasteiger partial charge on any atom is 0.224 e. The second kappa shape index (κ2) is 4.74. The van der Waals surface area contributed by atoms with E-state index < -0.39 is 0 Å². The van der Waals surface area contributed by atoms with Gasteiger partial charge >= 0.3 is 0 Å². The molecule has 0 heterocycles. The lowest BCUT2D eigenvalue weighted by atomic mass is 10.2. The van der Waals surface area contributed by atoms with Gasteiger partial charge in [-0.1, -0.05) is 19.1 Å². The van der Waals surface area contributed by atoms with Gasteiger partial charge in [-0.15, -0.1) is 0 Å². The van der Waals surface area contributed by atoms with Crippen molar-refractivity contribution >= 4 is 11.6 Å². The summed E-state index contributed by atoms with van der Waals surface area (Å²) in [6, 6.07) is 4.74. The zero-order valence-electron chi connectivity index (χ0n) is 8.43. The van der Waals surface area contributed by atoms with Crippen molar-refractivity contribution in [3.05, 3.63) is 29.6 Å². The van der Waals surface area contributed by atoms with Gasteiger partial charge in [-0.25, -0.2) is 4.39 Å². The molecule has 0 aliphatic carbocycles. The smallest absolute Gasteiger partial charge is 0.224 e. The van der Waals surface area contributed by atoms with E-state index >= 15 is 0 Å². The second-order valence-corrected chi connectivity index (χ2v) is 3.23. The van der Waals surface area contributed by atoms with E-state index in [0.717, 1.165) is 12.0 Å². The molecule has 0 spiro atoms. The van der Waals surface area contributed by atoms with Crippen molar-refractivity contribution in [2.75, 3.05) is 5.32 Å². The number of carbonyl (C=O) groups excluding carboxylic acids is 1. The van der Waals surface area contributed by atoms with Gasteiger partial charge in [0.1, 0.15) is 5.82 Å². The Labute approximate surface area is 83.1 Å². The van der Waals surface area contributed by atoms with E-state index in [1.165, 1.54) is 6.07 Å². The van der Waals surface area contributed by atoms with Crippen LogP contribution in [0.3, 0.4) is 0 Å². The number of anilines is 1. The average Bonchev–Trinajstić information content (AvgIpc) is 2.12. The molecule has 1 aromatic carbocycles. The Bertz CT molecular complexity index is 316. The Morgan fingerprint density at radius 1 is 1.50 bits per heavy atom. The molecule has 0 saturated carbocycles. The predicted molar refractivity (Wildman–Crippen MR) is 54.7 cm³/mol. The summed E-state index contributed by atoms with van der Waals surface area (Å²) in [5, 5.41) is 2.57. The summed E-state index contributed by atoms with van der Waals surface area (Å²) >= 11 is 0. The lowest BCUT2D eigenvalue weighted by Gasteiger charge is -2.08. The van der Waals surface area contributed by atoms with Crippen molar-refractivity contribution in [3.63, 3.8) is 0 Å². The third kappa shape index (κ3) is 2.55. The van der Waals surface area contributed by atoms with E-state index in [1.54, 1.807) is 19.1 Å². The number of aryl methyl sites for hydroxylation is 1. The van der Waals surface area contributed by atoms with Gasteiger partial charge < -0.3 is 5.32 Å². The minimum Gasteiger partial charge on any atom is -0.323 e. The number of hydrogen-bond donors (Lipinski definition) is 1. The Kier molecular flexibility index (Phi) is 3.63. The molecular weight excluding hydrogens is 181 g/mol. The van der Waals surface area contributed by atoms with Crippen LogP contribution in [0, 0.1) is 12.7 Å². The number of carbonyl (C=O) groups is 1. The first kappa shape index (κ1) is 10.7. The monoisotopic (exact) mass is 195 g/mol. The standard InChI is InChI=1S/C11H14FNO/c1-3-5-10(14)13-11-8(2)6-4-7-9(11)12/h4,6-7H,3,5H2,1-2H3,(H,13,14). The van der Waals surface area contributed by atoms with Crippen LogP contribution in [0.2, 0.25) is 0 Å². The third-order valence-electron chi connectivity index (χ3n) is 1.96. The highest BCUT2D eigenvalue weighted by Crippen LogP contribution is 2.18. The third-order valence-corrected chi connectivity index (χ3v) is 1.96. The van der Waals surface area contributed by atoms with E-state index in [-0.39, 0.29) is 11.7 Å². The number of nitrogens with one attached hydrogen (secondary N) is 1. The lowest BCUT2D eigenvalue weighted by molar-refractivity contribution is -0.116. The molecule has 1 rings (SSSR count). The van der Waals surface area contributed by atoms with Gasteiger partial charge in [-0.3, -0.25) is 4.79 Å². The highest BCUT2D eigenvalue weighted by atomic mass is 19.1. The van der Waals surface area contributed by atoms with Crippen LogP contribution in [0.25, 0.3) is 0 Å². The molecule has 0 radical (unpaired) electrons. The molecule has 0 aromatic heterocycles. The number of benzene rings is 1. The minimum atomic E-state index is -0.380. The summed E-state index contributed by atoms with van der Waals surface area (Å²) in [6.45, 7) is 3.68. The number of hydrogen-bond acceptors (Lipinski definition) is 1. The molecule has 0 bridgehead atoms. The normalized spacial score (nSPS) is 9.93. The molecule has 3 heteroatoms. The maximum atomic E-state index is 13.2. The molecule has 2 nitrogen and oxygen atoms in total. The largest absolute Gasteiger partial charge is 0.323 e. The van der Waals surface area contributed by atoms with Crippen LogP contribution in [0.15, 0.2) is 18.2 Å². The van der Waals surface area contributed by atoms with E-state index in [4.69, 9.17) is 0 Å². The molecule has 0 fully saturated rings. The lowest BCUT2D eigenvalue weighted by Crippen LogP contribution is -2.12. The van der Waals surface area contributed by atoms with Gasteiger partial charge in [0.05, 0.1) is 5.69 Å². The SMILES string of the molecule is CCCC(=O)Nc1c(C)cccc1F. The van der Waals surface area contributed by atoms with Gasteiger partial charge in [0.25, 0.3) is 0 Å². The van der Waals surface area contributed by atoms with Crippen molar-refractivity contribution in [1.82, 2.24) is 0 Å². The Morgan fingerprint density at radius 3 is 2.79 bits per heavy atom. The number of halogens is 1. The number of para-hydroxylation sites is 1. The highest BCUT2D eigenvalue weighted by Gasteiger charge is 2.07. The molecule has 1 aromatic rings. The van der Waals surface area contributed by atoms with Gasteiger partial charge in [0.15, 0.2) is 0 Å². The molecular formula is C11H14FNO. The molecule has 14 heavy (non-hydrogen) atoms. The molecule has 1 amide bonds. The van der Waals surface area contributed by atoms with Crippen LogP contribution < -0.4 is 5.32 Å². The fourth-order valence-electron chi connectivity index (χ4n) is 1.22. The molecule has 76 valence electrons. The van der Waals surface area contributed by atoms with Crippen molar-refractivity contribution in [3.8, 4) is 0 Å². The Morgan fingerprint density at radius 2 is 2.21 bits per heavy atom. The van der Waals surface area contributed by atoms with E-state index in [2.05, 4.69) is 5.32 Å². The topological polar surface area (TPSA) is 29.1 Å². The van der Waals surface area contributed by atoms with Crippen LogP contribution >= 0.6 is 0 Å². The first-order valence-corrected chi connectivity index (χ1v) is 4.70. The van der Waals surface area contributed by atoms with Crippen LogP contribution in [-0.2, 0) is 4.79 Å². The summed E-state index contributed by atoms with van der Waals surface area (Å²) in [6.07, 6.45) is 1.19. The molecule has 0 aliphatic rings. The van der Waals surface area contributed by atoms with Crippen molar-refractivity contribution in [2.45, 2.75) is 26.7 Å². The second-order valence-electron chi connectivity index (χ2n) is 3.23. The van der Waals surface area contributed by atoms with Crippen molar-refractivity contribution < 1.29 is 9.18 Å². The highest BCUT2D eigenvalue weighted by molar-refractivity contribution is 5.91. The fraction of sp³-hybridized carbons (Fsp3) is 0.364. The van der Waals surface area contributed by atoms with Gasteiger partial charge in [-0.2, -0.15) is 0 Å². The quantitative estimate of drug-likeness (QED) is 0.789. The van der Waals surface area contributed by atoms with Gasteiger partial charge in [-0.05, 0) is 25.0 Å². The van der Waals surface area contributed by atoms with Crippen LogP contribution in [0.5, 0.6) is 0 Å². The number of rotatable bonds is 3. The molecule has 0 saturated heterocycles. The summed E-state index contributed by atoms with van der Waals surface area (Å²) < 4.78 is 13.2. The summed E-state index contributed by atoms with van der Waals surface area (Å²) in [7, 11) is 0. The van der Waals surface area contributed by atoms with Crippen LogP contribution in [-0.4, -0.2) is 5.91 Å². The molecule has 1 N–H and O–H groups in total. The van der Waals surface area contributed by atoms with Gasteiger partial charge in [0.2, 0.25) is 5.91 Å². The average molecular weight is 195 g/mol. The summed E-state index contributed by atoms with van der Waals surface area (Å²) in [5.74, 6) is -0.518. The number of amides is 1. The van der Waals surface area contributed by atoms with E-state index in [1.807, 2.05) is 6.92 Å². The molecule has 0 unspecified atom stereocenters. The predicted octanol–water partition coefficient (Wildman–Crippen LogP) is 2.87. The van der Waals surface area contributed by atoms with E-state index in [0.29, 0.717) is 12.1 Å². The Hall–Kier alpha value is -1.38. The maximum absolute atomic E-state index is 13.2. The molecule has 0 aliphatic heterocycles. The van der Waals surface area contributed by atoms with Crippen molar-refractivity contribution in [2.24, 2.45) is 0 Å². The first-order chi connectivity index (χ1) is 6.65. The van der Waals surface area contributed by atoms with E-state index in [9.17, 15) is 9.18 Å². The van der Waals surface area contributed by atoms with Crippen molar-refractivity contribution in [1.29, 1.82) is 0 Å². The molecule has 0 atom stereocenters. The zero-order chi connectivity index (χ0) is 10.6. The summed E-state index contributed by atoms with van der Waals surface area (Å²) in [5.41, 5.74) is 1.04. The first-order valence-electron chi connectivity index (χ1n) is 4.70. The Balaban J connectivity index is 2.80. The van der Waals surface area contributed by atoms with Gasteiger partial charge in [0, 0.05) is 6.42 Å².